The van der Waals surface area contributed by atoms with E-state index in [1.54, 1.807) is 26.0 Å². The van der Waals surface area contributed by atoms with Gasteiger partial charge < -0.3 is 24.9 Å². The molecule has 1 heterocycles. The van der Waals surface area contributed by atoms with Crippen molar-refractivity contribution in [2.45, 2.75) is 33.8 Å². The molecule has 9 nitrogen and oxygen atoms in total. The molecule has 150 valence electrons. The highest BCUT2D eigenvalue weighted by Crippen LogP contribution is 2.29. The second-order valence-electron chi connectivity index (χ2n) is 6.35. The largest absolute Gasteiger partial charge is 0.480 e. The smallest absolute Gasteiger partial charge is 0.339 e. The molecule has 0 aliphatic rings. The second kappa shape index (κ2) is 8.55. The van der Waals surface area contributed by atoms with Crippen molar-refractivity contribution in [3.63, 3.8) is 0 Å². The lowest BCUT2D eigenvalue weighted by Gasteiger charge is -2.17. The minimum absolute atomic E-state index is 0.371. The molecule has 28 heavy (non-hydrogen) atoms. The van der Waals surface area contributed by atoms with Gasteiger partial charge >= 0.3 is 11.6 Å². The second-order valence-corrected chi connectivity index (χ2v) is 6.35. The molecule has 2 aromatic rings. The van der Waals surface area contributed by atoms with Crippen molar-refractivity contribution in [2.75, 3.05) is 13.1 Å². The van der Waals surface area contributed by atoms with Gasteiger partial charge in [-0.25, -0.2) is 4.79 Å². The zero-order chi connectivity index (χ0) is 21.0. The third-order valence-corrected chi connectivity index (χ3v) is 4.36. The average Bonchev–Trinajstić information content (AvgIpc) is 2.65. The molecular weight excluding hydrogens is 368 g/mol. The lowest BCUT2D eigenvalue weighted by atomic mass is 10.0. The lowest BCUT2D eigenvalue weighted by molar-refractivity contribution is -0.137. The van der Waals surface area contributed by atoms with Crippen LogP contribution in [0.5, 0.6) is 5.75 Å². The standard InChI is InChI=1S/C19H22N2O7/c1-9-10(2)19(26)28-17-11(3)14(6-5-13(9)17)27-12(4)18(25)21-7-15(22)20-8-16(23)24/h5-6,12H,7-8H2,1-4H3,(H,20,22)(H,21,25)(H,23,24)/t12-/m1/s1. The first kappa shape index (κ1) is 20.9. The predicted octanol–water partition coefficient (Wildman–Crippen LogP) is 0.803. The number of carboxylic acid groups (broad SMARTS) is 1. The van der Waals surface area contributed by atoms with Crippen molar-refractivity contribution in [2.24, 2.45) is 0 Å². The number of carbonyl (C=O) groups is 3. The maximum absolute atomic E-state index is 12.1. The van der Waals surface area contributed by atoms with Gasteiger partial charge in [0.15, 0.2) is 6.10 Å². The first-order valence-electron chi connectivity index (χ1n) is 8.58. The summed E-state index contributed by atoms with van der Waals surface area (Å²) >= 11 is 0. The van der Waals surface area contributed by atoms with E-state index in [9.17, 15) is 19.2 Å². The molecule has 0 unspecified atom stereocenters. The van der Waals surface area contributed by atoms with Gasteiger partial charge in [-0.1, -0.05) is 0 Å². The Labute approximate surface area is 160 Å². The molecule has 0 spiro atoms. The summed E-state index contributed by atoms with van der Waals surface area (Å²) in [6, 6.07) is 3.44. The molecular formula is C19H22N2O7. The quantitative estimate of drug-likeness (QED) is 0.595. The first-order valence-corrected chi connectivity index (χ1v) is 8.58. The summed E-state index contributed by atoms with van der Waals surface area (Å²) in [5.41, 5.74) is 1.90. The number of aryl methyl sites for hydroxylation is 2. The van der Waals surface area contributed by atoms with Crippen molar-refractivity contribution in [1.82, 2.24) is 10.6 Å². The number of ether oxygens (including phenoxy) is 1. The number of aliphatic carboxylic acids is 1. The number of benzene rings is 1. The van der Waals surface area contributed by atoms with Gasteiger partial charge in [0, 0.05) is 16.5 Å². The van der Waals surface area contributed by atoms with Crippen LogP contribution in [-0.4, -0.2) is 42.1 Å². The number of carbonyl (C=O) groups excluding carboxylic acids is 2. The molecule has 0 bridgehead atoms. The summed E-state index contributed by atoms with van der Waals surface area (Å²) in [5, 5.41) is 13.8. The van der Waals surface area contributed by atoms with Crippen LogP contribution in [-0.2, 0) is 14.4 Å². The van der Waals surface area contributed by atoms with Crippen molar-refractivity contribution < 1.29 is 28.6 Å². The number of rotatable bonds is 7. The van der Waals surface area contributed by atoms with E-state index in [-0.39, 0.29) is 6.54 Å². The molecule has 0 saturated heterocycles. The fourth-order valence-electron chi connectivity index (χ4n) is 2.54. The van der Waals surface area contributed by atoms with Gasteiger partial charge in [-0.2, -0.15) is 0 Å². The summed E-state index contributed by atoms with van der Waals surface area (Å²) in [6.45, 7) is 5.86. The van der Waals surface area contributed by atoms with Crippen LogP contribution in [0.4, 0.5) is 0 Å². The van der Waals surface area contributed by atoms with Crippen LogP contribution in [0.3, 0.4) is 0 Å². The van der Waals surface area contributed by atoms with Gasteiger partial charge in [-0.05, 0) is 45.4 Å². The van der Waals surface area contributed by atoms with Crippen LogP contribution in [0, 0.1) is 20.8 Å². The zero-order valence-corrected chi connectivity index (χ0v) is 16.0. The summed E-state index contributed by atoms with van der Waals surface area (Å²) in [5.74, 6) is -1.99. The summed E-state index contributed by atoms with van der Waals surface area (Å²) in [4.78, 5) is 45.9. The van der Waals surface area contributed by atoms with Gasteiger partial charge in [-0.15, -0.1) is 0 Å². The average molecular weight is 390 g/mol. The van der Waals surface area contributed by atoms with Gasteiger partial charge in [0.05, 0.1) is 6.54 Å². The molecule has 0 fully saturated rings. The van der Waals surface area contributed by atoms with E-state index >= 15 is 0 Å². The summed E-state index contributed by atoms with van der Waals surface area (Å²) < 4.78 is 11.0. The van der Waals surface area contributed by atoms with E-state index in [4.69, 9.17) is 14.3 Å². The fourth-order valence-corrected chi connectivity index (χ4v) is 2.54. The van der Waals surface area contributed by atoms with Gasteiger partial charge in [-0.3, -0.25) is 14.4 Å². The van der Waals surface area contributed by atoms with Crippen LogP contribution in [0.15, 0.2) is 21.3 Å². The topological polar surface area (TPSA) is 135 Å². The monoisotopic (exact) mass is 390 g/mol. The molecule has 0 saturated carbocycles. The molecule has 0 aliphatic carbocycles. The fraction of sp³-hybridized carbons (Fsp3) is 0.368. The number of carboxylic acids is 1. The van der Waals surface area contributed by atoms with E-state index in [2.05, 4.69) is 10.6 Å². The van der Waals surface area contributed by atoms with E-state index in [0.29, 0.717) is 22.5 Å². The molecule has 1 aromatic heterocycles. The number of amides is 2. The number of nitrogens with one attached hydrogen (secondary N) is 2. The van der Waals surface area contributed by atoms with Crippen molar-refractivity contribution in [3.05, 3.63) is 39.2 Å². The van der Waals surface area contributed by atoms with E-state index in [1.165, 1.54) is 6.92 Å². The Balaban J connectivity index is 2.09. The van der Waals surface area contributed by atoms with Crippen LogP contribution >= 0.6 is 0 Å². The number of fused-ring (bicyclic) bond motifs is 1. The van der Waals surface area contributed by atoms with E-state index < -0.39 is 36.1 Å². The Kier molecular flexibility index (Phi) is 6.40. The number of hydrogen-bond acceptors (Lipinski definition) is 6. The Hall–Kier alpha value is -3.36. The maximum Gasteiger partial charge on any atom is 0.339 e. The number of hydrogen-bond donors (Lipinski definition) is 3. The molecule has 3 N–H and O–H groups in total. The van der Waals surface area contributed by atoms with Crippen molar-refractivity contribution in [1.29, 1.82) is 0 Å². The Morgan fingerprint density at radius 2 is 1.75 bits per heavy atom. The molecule has 1 atom stereocenters. The highest BCUT2D eigenvalue weighted by Gasteiger charge is 2.19. The molecule has 1 aromatic carbocycles. The third kappa shape index (κ3) is 4.67. The normalized spacial score (nSPS) is 11.7. The van der Waals surface area contributed by atoms with Crippen molar-refractivity contribution >= 4 is 28.8 Å². The zero-order valence-electron chi connectivity index (χ0n) is 16.0. The van der Waals surface area contributed by atoms with Gasteiger partial charge in [0.1, 0.15) is 17.9 Å². The van der Waals surface area contributed by atoms with Crippen LogP contribution in [0.25, 0.3) is 11.0 Å². The molecule has 0 radical (unpaired) electrons. The highest BCUT2D eigenvalue weighted by atomic mass is 16.5. The SMILES string of the molecule is Cc1c(C)c2ccc(O[C@H](C)C(=O)NCC(=O)NCC(=O)O)c(C)c2oc1=O. The molecule has 2 rings (SSSR count). The highest BCUT2D eigenvalue weighted by molar-refractivity contribution is 5.89. The summed E-state index contributed by atoms with van der Waals surface area (Å²) in [7, 11) is 0. The minimum Gasteiger partial charge on any atom is -0.480 e. The predicted molar refractivity (Wildman–Crippen MR) is 100 cm³/mol. The molecule has 2 amide bonds. The van der Waals surface area contributed by atoms with Crippen LogP contribution in [0.2, 0.25) is 0 Å². The minimum atomic E-state index is -1.18. The maximum atomic E-state index is 12.1. The Morgan fingerprint density at radius 3 is 2.39 bits per heavy atom. The lowest BCUT2D eigenvalue weighted by Crippen LogP contribution is -2.43. The Bertz CT molecular complexity index is 994. The Morgan fingerprint density at radius 1 is 1.07 bits per heavy atom. The summed E-state index contributed by atoms with van der Waals surface area (Å²) in [6.07, 6.45) is -0.929. The van der Waals surface area contributed by atoms with Crippen LogP contribution < -0.4 is 21.0 Å². The molecule has 9 heteroatoms. The van der Waals surface area contributed by atoms with E-state index in [1.807, 2.05) is 6.92 Å². The van der Waals surface area contributed by atoms with Crippen molar-refractivity contribution in [3.8, 4) is 5.75 Å². The first-order chi connectivity index (χ1) is 13.1. The third-order valence-electron chi connectivity index (χ3n) is 4.36. The van der Waals surface area contributed by atoms with Gasteiger partial charge in [0.25, 0.3) is 5.91 Å². The van der Waals surface area contributed by atoms with Gasteiger partial charge in [0.2, 0.25) is 5.91 Å². The van der Waals surface area contributed by atoms with Crippen LogP contribution in [0.1, 0.15) is 23.6 Å². The molecule has 0 aliphatic heterocycles. The van der Waals surface area contributed by atoms with E-state index in [0.717, 1.165) is 10.9 Å².